The van der Waals surface area contributed by atoms with Crippen molar-refractivity contribution < 1.29 is 24.1 Å². The van der Waals surface area contributed by atoms with E-state index < -0.39 is 11.5 Å². The summed E-state index contributed by atoms with van der Waals surface area (Å²) < 4.78 is 18.3. The Morgan fingerprint density at radius 3 is 2.51 bits per heavy atom. The molecule has 0 aromatic heterocycles. The second-order valence-corrected chi connectivity index (χ2v) is 12.6. The van der Waals surface area contributed by atoms with Gasteiger partial charge in [0.1, 0.15) is 6.61 Å². The monoisotopic (exact) mass is 515 g/mol. The number of benzene rings is 1. The number of aliphatic hydroxyl groups excluding tert-OH is 1. The summed E-state index contributed by atoms with van der Waals surface area (Å²) in [5, 5.41) is 10.9. The minimum atomic E-state index is -0.568. The number of rotatable bonds is 9. The second-order valence-electron chi connectivity index (χ2n) is 12.6. The van der Waals surface area contributed by atoms with Crippen LogP contribution in [-0.2, 0) is 9.53 Å². The van der Waals surface area contributed by atoms with E-state index in [1.54, 1.807) is 7.11 Å². The lowest BCUT2D eigenvalue weighted by Gasteiger charge is -2.37. The quantitative estimate of drug-likeness (QED) is 0.450. The van der Waals surface area contributed by atoms with Crippen molar-refractivity contribution in [2.45, 2.75) is 104 Å². The number of likely N-dealkylation sites (tertiary alicyclic amines) is 1. The Kier molecular flexibility index (Phi) is 9.11. The molecule has 208 valence electrons. The Morgan fingerprint density at radius 2 is 1.86 bits per heavy atom. The van der Waals surface area contributed by atoms with Gasteiger partial charge in [0, 0.05) is 24.4 Å². The normalized spacial score (nSPS) is 31.6. The van der Waals surface area contributed by atoms with Gasteiger partial charge in [0.25, 0.3) is 0 Å². The van der Waals surface area contributed by atoms with E-state index in [9.17, 15) is 9.90 Å². The highest BCUT2D eigenvalue weighted by Gasteiger charge is 2.48. The average molecular weight is 516 g/mol. The van der Waals surface area contributed by atoms with Crippen molar-refractivity contribution in [2.75, 3.05) is 26.8 Å². The molecule has 1 N–H and O–H groups in total. The number of amides is 1. The first-order valence-corrected chi connectivity index (χ1v) is 14.5. The Labute approximate surface area is 224 Å². The molecule has 0 bridgehead atoms. The van der Waals surface area contributed by atoms with Crippen LogP contribution in [0.15, 0.2) is 18.2 Å². The fourth-order valence-electron chi connectivity index (χ4n) is 6.88. The fraction of sp³-hybridized carbons (Fsp3) is 0.774. The van der Waals surface area contributed by atoms with Crippen LogP contribution in [0.3, 0.4) is 0 Å². The zero-order valence-electron chi connectivity index (χ0n) is 23.9. The molecular weight excluding hydrogens is 466 g/mol. The van der Waals surface area contributed by atoms with Gasteiger partial charge in [0.2, 0.25) is 5.91 Å². The first-order chi connectivity index (χ1) is 17.6. The van der Waals surface area contributed by atoms with Gasteiger partial charge in [0.05, 0.1) is 25.4 Å². The molecule has 1 aliphatic heterocycles. The lowest BCUT2D eigenvalue weighted by atomic mass is 9.72. The highest BCUT2D eigenvalue weighted by atomic mass is 16.5. The number of hydrogen-bond acceptors (Lipinski definition) is 5. The van der Waals surface area contributed by atoms with E-state index in [4.69, 9.17) is 14.2 Å². The van der Waals surface area contributed by atoms with Crippen LogP contribution in [0.2, 0.25) is 0 Å². The molecule has 2 aliphatic carbocycles. The topological polar surface area (TPSA) is 68.2 Å². The summed E-state index contributed by atoms with van der Waals surface area (Å²) in [6.45, 7) is 11.9. The maximum Gasteiger partial charge on any atom is 0.248 e. The van der Waals surface area contributed by atoms with Gasteiger partial charge in [-0.2, -0.15) is 0 Å². The lowest BCUT2D eigenvalue weighted by Crippen LogP contribution is -2.40. The smallest absolute Gasteiger partial charge is 0.248 e. The lowest BCUT2D eigenvalue weighted by molar-refractivity contribution is -0.141. The summed E-state index contributed by atoms with van der Waals surface area (Å²) in [5.41, 5.74) is 0.615. The number of hydrogen-bond donors (Lipinski definition) is 1. The van der Waals surface area contributed by atoms with Gasteiger partial charge in [0.15, 0.2) is 11.5 Å². The maximum absolute atomic E-state index is 13.4. The number of nitrogens with zero attached hydrogens (tertiary/aromatic N) is 1. The van der Waals surface area contributed by atoms with Crippen LogP contribution in [-0.4, -0.2) is 61.0 Å². The van der Waals surface area contributed by atoms with Gasteiger partial charge in [-0.3, -0.25) is 4.79 Å². The second kappa shape index (κ2) is 11.9. The van der Waals surface area contributed by atoms with Crippen LogP contribution in [0.5, 0.6) is 11.5 Å². The van der Waals surface area contributed by atoms with Crippen LogP contribution < -0.4 is 9.47 Å². The molecular formula is C31H49NO5. The zero-order valence-corrected chi connectivity index (χ0v) is 23.9. The van der Waals surface area contributed by atoms with Gasteiger partial charge in [-0.05, 0) is 80.9 Å². The molecule has 1 heterocycles. The van der Waals surface area contributed by atoms with Crippen molar-refractivity contribution in [3.8, 4) is 11.5 Å². The summed E-state index contributed by atoms with van der Waals surface area (Å²) >= 11 is 0. The minimum Gasteiger partial charge on any atom is -0.493 e. The molecule has 1 aromatic carbocycles. The molecule has 6 unspecified atom stereocenters. The molecule has 3 fully saturated rings. The predicted octanol–water partition coefficient (Wildman–Crippen LogP) is 5.81. The largest absolute Gasteiger partial charge is 0.493 e. The van der Waals surface area contributed by atoms with Crippen molar-refractivity contribution in [3.05, 3.63) is 23.8 Å². The van der Waals surface area contributed by atoms with E-state index in [0.29, 0.717) is 30.8 Å². The number of ether oxygens (including phenoxy) is 3. The fourth-order valence-corrected chi connectivity index (χ4v) is 6.88. The first kappa shape index (κ1) is 28.2. The summed E-state index contributed by atoms with van der Waals surface area (Å²) in [6.07, 6.45) is 7.79. The van der Waals surface area contributed by atoms with E-state index >= 15 is 0 Å². The molecule has 0 spiro atoms. The van der Waals surface area contributed by atoms with Gasteiger partial charge < -0.3 is 24.2 Å². The van der Waals surface area contributed by atoms with E-state index in [-0.39, 0.29) is 30.6 Å². The number of methoxy groups -OCH3 is 1. The Morgan fingerprint density at radius 1 is 1.14 bits per heavy atom. The molecule has 4 rings (SSSR count). The highest BCUT2D eigenvalue weighted by molar-refractivity contribution is 5.78. The zero-order chi connectivity index (χ0) is 26.7. The van der Waals surface area contributed by atoms with E-state index in [0.717, 1.165) is 36.3 Å². The molecule has 3 aliphatic rings. The molecule has 6 heteroatoms. The highest BCUT2D eigenvalue weighted by Crippen LogP contribution is 2.47. The van der Waals surface area contributed by atoms with Crippen molar-refractivity contribution in [3.63, 3.8) is 0 Å². The van der Waals surface area contributed by atoms with Crippen LogP contribution >= 0.6 is 0 Å². The standard InChI is InChI=1S/C31H49NO5/c1-20(2)25-13-11-21(3)15-28(25)36-18-30(34)32-17-26(31(5,19-32)22(4)33)23-12-14-27(35-6)29(16-23)37-24-9-7-8-10-24/h12,14,16,20-22,24-26,28,33H,7-11,13,15,17-19H2,1-6H3. The van der Waals surface area contributed by atoms with Crippen LogP contribution in [0.25, 0.3) is 0 Å². The number of carbonyl (C=O) groups is 1. The van der Waals surface area contributed by atoms with E-state index in [1.165, 1.54) is 25.7 Å². The molecule has 0 radical (unpaired) electrons. The molecule has 6 atom stereocenters. The minimum absolute atomic E-state index is 0.00796. The SMILES string of the molecule is COc1ccc(C2CN(C(=O)COC3CC(C)CCC3C(C)C)CC2(C)C(C)O)cc1OC1CCCC1. The molecule has 1 amide bonds. The Hall–Kier alpha value is -1.79. The van der Waals surface area contributed by atoms with E-state index in [2.05, 4.69) is 39.8 Å². The van der Waals surface area contributed by atoms with Crippen molar-refractivity contribution >= 4 is 5.91 Å². The summed E-state index contributed by atoms with van der Waals surface area (Å²) in [7, 11) is 1.67. The third kappa shape index (κ3) is 6.27. The van der Waals surface area contributed by atoms with Gasteiger partial charge in [-0.25, -0.2) is 0 Å². The van der Waals surface area contributed by atoms with E-state index in [1.807, 2.05) is 17.9 Å². The Bertz CT molecular complexity index is 911. The number of carbonyl (C=O) groups excluding carboxylic acids is 1. The first-order valence-electron chi connectivity index (χ1n) is 14.5. The van der Waals surface area contributed by atoms with Gasteiger partial charge in [-0.15, -0.1) is 0 Å². The van der Waals surface area contributed by atoms with Crippen LogP contribution in [0.4, 0.5) is 0 Å². The van der Waals surface area contributed by atoms with Crippen molar-refractivity contribution in [1.29, 1.82) is 0 Å². The molecule has 1 aromatic rings. The van der Waals surface area contributed by atoms with Crippen molar-refractivity contribution in [1.82, 2.24) is 4.90 Å². The third-order valence-corrected chi connectivity index (χ3v) is 9.61. The van der Waals surface area contributed by atoms with Gasteiger partial charge in [-0.1, -0.05) is 40.2 Å². The Balaban J connectivity index is 1.48. The van der Waals surface area contributed by atoms with Gasteiger partial charge >= 0.3 is 0 Å². The molecule has 1 saturated heterocycles. The molecule has 37 heavy (non-hydrogen) atoms. The maximum atomic E-state index is 13.4. The summed E-state index contributed by atoms with van der Waals surface area (Å²) in [5.74, 6) is 3.21. The summed E-state index contributed by atoms with van der Waals surface area (Å²) in [6, 6.07) is 6.10. The third-order valence-electron chi connectivity index (χ3n) is 9.61. The average Bonchev–Trinajstić information content (AvgIpc) is 3.50. The number of aliphatic hydroxyl groups is 1. The predicted molar refractivity (Wildman–Crippen MR) is 146 cm³/mol. The van der Waals surface area contributed by atoms with Crippen LogP contribution in [0, 0.1) is 23.2 Å². The summed E-state index contributed by atoms with van der Waals surface area (Å²) in [4.78, 5) is 15.3. The van der Waals surface area contributed by atoms with Crippen LogP contribution in [0.1, 0.15) is 91.0 Å². The molecule has 2 saturated carbocycles. The molecule has 6 nitrogen and oxygen atoms in total. The van der Waals surface area contributed by atoms with Crippen molar-refractivity contribution in [2.24, 2.45) is 23.2 Å².